The van der Waals surface area contributed by atoms with Crippen molar-refractivity contribution in [3.63, 3.8) is 0 Å². The lowest BCUT2D eigenvalue weighted by Gasteiger charge is -2.11. The van der Waals surface area contributed by atoms with E-state index in [2.05, 4.69) is 21.6 Å². The highest BCUT2D eigenvalue weighted by Crippen LogP contribution is 2.26. The van der Waals surface area contributed by atoms with E-state index in [0.29, 0.717) is 17.9 Å². The van der Waals surface area contributed by atoms with Crippen LogP contribution in [0.2, 0.25) is 0 Å². The number of aromatic amines is 1. The molecule has 2 heterocycles. The lowest BCUT2D eigenvalue weighted by molar-refractivity contribution is 0.0828. The molecule has 2 aromatic rings. The lowest BCUT2D eigenvalue weighted by atomic mass is 10.1. The first-order chi connectivity index (χ1) is 10.1. The normalized spacial score (nSPS) is 12.7. The van der Waals surface area contributed by atoms with Gasteiger partial charge in [-0.1, -0.05) is 12.1 Å². The van der Waals surface area contributed by atoms with Crippen molar-refractivity contribution in [2.75, 3.05) is 26.0 Å². The molecule has 0 spiro atoms. The quantitative estimate of drug-likeness (QED) is 0.896. The predicted molar refractivity (Wildman–Crippen MR) is 79.6 cm³/mol. The van der Waals surface area contributed by atoms with E-state index in [1.54, 1.807) is 20.3 Å². The molecule has 0 radical (unpaired) electrons. The van der Waals surface area contributed by atoms with E-state index in [1.807, 2.05) is 12.1 Å². The number of carbonyl (C=O) groups is 1. The largest absolute Gasteiger partial charge is 0.493 e. The van der Waals surface area contributed by atoms with Crippen molar-refractivity contribution in [2.24, 2.45) is 0 Å². The van der Waals surface area contributed by atoms with Gasteiger partial charge < -0.3 is 15.0 Å². The van der Waals surface area contributed by atoms with E-state index in [4.69, 9.17) is 4.74 Å². The van der Waals surface area contributed by atoms with E-state index in [1.165, 1.54) is 10.5 Å². The van der Waals surface area contributed by atoms with E-state index >= 15 is 0 Å². The first-order valence-corrected chi connectivity index (χ1v) is 6.88. The van der Waals surface area contributed by atoms with Gasteiger partial charge in [0.25, 0.3) is 5.91 Å². The molecule has 6 heteroatoms. The summed E-state index contributed by atoms with van der Waals surface area (Å²) >= 11 is 0. The number of hydrogen-bond acceptors (Lipinski definition) is 4. The molecule has 6 nitrogen and oxygen atoms in total. The maximum absolute atomic E-state index is 12.0. The van der Waals surface area contributed by atoms with Crippen molar-refractivity contribution < 1.29 is 9.53 Å². The topological polar surface area (TPSA) is 70.2 Å². The highest BCUT2D eigenvalue weighted by molar-refractivity contribution is 5.98. The molecule has 1 aromatic carbocycles. The summed E-state index contributed by atoms with van der Waals surface area (Å²) in [6, 6.07) is 6.16. The summed E-state index contributed by atoms with van der Waals surface area (Å²) in [5.41, 5.74) is 2.94. The zero-order chi connectivity index (χ0) is 14.8. The van der Waals surface area contributed by atoms with Crippen LogP contribution in [0.15, 0.2) is 24.4 Å². The second kappa shape index (κ2) is 5.47. The molecule has 0 saturated carbocycles. The standard InChI is InChI=1S/C15H18N4O2/c1-19(2)15(20)12-9-17-18-14(12)16-8-10-3-4-13-11(7-10)5-6-21-13/h3-4,7,9H,5-6,8H2,1-2H3,(H2,16,17,18). The number of nitrogens with zero attached hydrogens (tertiary/aromatic N) is 2. The van der Waals surface area contributed by atoms with Crippen LogP contribution in [0.25, 0.3) is 0 Å². The summed E-state index contributed by atoms with van der Waals surface area (Å²) in [5, 5.41) is 10.0. The van der Waals surface area contributed by atoms with Crippen LogP contribution in [-0.2, 0) is 13.0 Å². The number of fused-ring (bicyclic) bond motifs is 1. The van der Waals surface area contributed by atoms with Gasteiger partial charge in [0.2, 0.25) is 0 Å². The highest BCUT2D eigenvalue weighted by Gasteiger charge is 2.16. The minimum Gasteiger partial charge on any atom is -0.493 e. The molecule has 0 saturated heterocycles. The number of anilines is 1. The Morgan fingerprint density at radius 1 is 1.48 bits per heavy atom. The zero-order valence-electron chi connectivity index (χ0n) is 12.1. The molecule has 1 aliphatic heterocycles. The molecule has 1 aliphatic rings. The van der Waals surface area contributed by atoms with Crippen LogP contribution in [0, 0.1) is 0 Å². The number of rotatable bonds is 4. The third-order valence-electron chi connectivity index (χ3n) is 3.50. The van der Waals surface area contributed by atoms with Gasteiger partial charge in [-0.15, -0.1) is 0 Å². The van der Waals surface area contributed by atoms with Gasteiger partial charge in [-0.2, -0.15) is 5.10 Å². The lowest BCUT2D eigenvalue weighted by Crippen LogP contribution is -2.22. The van der Waals surface area contributed by atoms with Crippen LogP contribution in [0.1, 0.15) is 21.5 Å². The number of benzene rings is 1. The van der Waals surface area contributed by atoms with Crippen LogP contribution in [0.5, 0.6) is 5.75 Å². The van der Waals surface area contributed by atoms with E-state index in [0.717, 1.165) is 24.3 Å². The molecule has 1 amide bonds. The zero-order valence-corrected chi connectivity index (χ0v) is 12.1. The van der Waals surface area contributed by atoms with Crippen molar-refractivity contribution in [3.05, 3.63) is 41.1 Å². The van der Waals surface area contributed by atoms with Gasteiger partial charge >= 0.3 is 0 Å². The average Bonchev–Trinajstić information content (AvgIpc) is 3.12. The molecular formula is C15H18N4O2. The number of H-pyrrole nitrogens is 1. The maximum atomic E-state index is 12.0. The van der Waals surface area contributed by atoms with E-state index < -0.39 is 0 Å². The first-order valence-electron chi connectivity index (χ1n) is 6.88. The summed E-state index contributed by atoms with van der Waals surface area (Å²) < 4.78 is 5.49. The van der Waals surface area contributed by atoms with Crippen LogP contribution in [0.3, 0.4) is 0 Å². The van der Waals surface area contributed by atoms with Crippen molar-refractivity contribution >= 4 is 11.7 Å². The summed E-state index contributed by atoms with van der Waals surface area (Å²) in [4.78, 5) is 13.5. The second-order valence-corrected chi connectivity index (χ2v) is 5.25. The molecule has 0 unspecified atom stereocenters. The Kier molecular flexibility index (Phi) is 3.51. The van der Waals surface area contributed by atoms with Crippen molar-refractivity contribution in [2.45, 2.75) is 13.0 Å². The van der Waals surface area contributed by atoms with Crippen LogP contribution in [0.4, 0.5) is 5.82 Å². The number of ether oxygens (including phenoxy) is 1. The Labute approximate surface area is 123 Å². The van der Waals surface area contributed by atoms with Gasteiger partial charge in [0.05, 0.1) is 12.8 Å². The molecule has 0 fully saturated rings. The number of amides is 1. The molecule has 0 bridgehead atoms. The Hall–Kier alpha value is -2.50. The predicted octanol–water partition coefficient (Wildman–Crippen LogP) is 1.66. The van der Waals surface area contributed by atoms with Crippen molar-refractivity contribution in [1.29, 1.82) is 0 Å². The minimum absolute atomic E-state index is 0.0754. The van der Waals surface area contributed by atoms with Crippen LogP contribution in [-0.4, -0.2) is 41.7 Å². The monoisotopic (exact) mass is 286 g/mol. The molecule has 3 rings (SSSR count). The molecule has 1 aromatic heterocycles. The number of aromatic nitrogens is 2. The molecule has 0 atom stereocenters. The maximum Gasteiger partial charge on any atom is 0.258 e. The Morgan fingerprint density at radius 3 is 3.14 bits per heavy atom. The minimum atomic E-state index is -0.0754. The van der Waals surface area contributed by atoms with Crippen LogP contribution < -0.4 is 10.1 Å². The summed E-state index contributed by atoms with van der Waals surface area (Å²) in [6.45, 7) is 1.39. The first kappa shape index (κ1) is 13.5. The molecule has 2 N–H and O–H groups in total. The average molecular weight is 286 g/mol. The molecule has 110 valence electrons. The fourth-order valence-electron chi connectivity index (χ4n) is 2.36. The Balaban J connectivity index is 1.71. The smallest absolute Gasteiger partial charge is 0.258 e. The van der Waals surface area contributed by atoms with Crippen molar-refractivity contribution in [3.8, 4) is 5.75 Å². The van der Waals surface area contributed by atoms with E-state index in [9.17, 15) is 4.79 Å². The molecular weight excluding hydrogens is 268 g/mol. The number of nitrogens with one attached hydrogen (secondary N) is 2. The van der Waals surface area contributed by atoms with Crippen molar-refractivity contribution in [1.82, 2.24) is 15.1 Å². The van der Waals surface area contributed by atoms with Gasteiger partial charge in [0.15, 0.2) is 0 Å². The fourth-order valence-corrected chi connectivity index (χ4v) is 2.36. The highest BCUT2D eigenvalue weighted by atomic mass is 16.5. The summed E-state index contributed by atoms with van der Waals surface area (Å²) in [5.74, 6) is 1.54. The van der Waals surface area contributed by atoms with Gasteiger partial charge in [-0.25, -0.2) is 0 Å². The number of carbonyl (C=O) groups excluding carboxylic acids is 1. The Bertz CT molecular complexity index is 663. The van der Waals surface area contributed by atoms with E-state index in [-0.39, 0.29) is 5.91 Å². The fraction of sp³-hybridized carbons (Fsp3) is 0.333. The number of hydrogen-bond donors (Lipinski definition) is 2. The SMILES string of the molecule is CN(C)C(=O)c1cn[nH]c1NCc1ccc2c(c1)CCO2. The summed E-state index contributed by atoms with van der Waals surface area (Å²) in [6.07, 6.45) is 2.50. The third kappa shape index (κ3) is 2.69. The molecule has 21 heavy (non-hydrogen) atoms. The van der Waals surface area contributed by atoms with Gasteiger partial charge in [0.1, 0.15) is 17.1 Å². The van der Waals surface area contributed by atoms with Gasteiger partial charge in [-0.05, 0) is 17.2 Å². The third-order valence-corrected chi connectivity index (χ3v) is 3.50. The van der Waals surface area contributed by atoms with Crippen LogP contribution >= 0.6 is 0 Å². The Morgan fingerprint density at radius 2 is 2.33 bits per heavy atom. The van der Waals surface area contributed by atoms with Gasteiger partial charge in [-0.3, -0.25) is 9.89 Å². The van der Waals surface area contributed by atoms with Gasteiger partial charge in [0, 0.05) is 27.1 Å². The molecule has 0 aliphatic carbocycles. The summed E-state index contributed by atoms with van der Waals surface area (Å²) in [7, 11) is 3.44. The second-order valence-electron chi connectivity index (χ2n) is 5.25.